The molecule has 0 rings (SSSR count). The molecule has 0 N–H and O–H groups in total. The summed E-state index contributed by atoms with van der Waals surface area (Å²) in [5, 5.41) is 0. The van der Waals surface area contributed by atoms with Crippen LogP contribution in [-0.4, -0.2) is 0 Å². The smallest absolute Gasteiger partial charge is 0.164 e. The first-order valence-electron chi connectivity index (χ1n) is 4.38. The minimum absolute atomic E-state index is 0.262. The maximum absolute atomic E-state index is 12.1. The van der Waals surface area contributed by atoms with Crippen LogP contribution >= 0.6 is 0 Å². The molecule has 0 amide bonds. The van der Waals surface area contributed by atoms with E-state index in [1.807, 2.05) is 41.5 Å². The molecule has 0 aromatic rings. The van der Waals surface area contributed by atoms with Gasteiger partial charge >= 0.3 is 6.08 Å². The van der Waals surface area contributed by atoms with E-state index in [1.54, 1.807) is 0 Å². The van der Waals surface area contributed by atoms with Crippen LogP contribution in [0.4, 0.5) is 8.78 Å². The highest BCUT2D eigenvalue weighted by molar-refractivity contribution is 5.17. The first-order valence-corrected chi connectivity index (χ1v) is 4.38. The van der Waals surface area contributed by atoms with Gasteiger partial charge in [-0.2, -0.15) is 8.78 Å². The van der Waals surface area contributed by atoms with E-state index in [0.29, 0.717) is 5.57 Å². The van der Waals surface area contributed by atoms with Crippen molar-refractivity contribution in [2.24, 2.45) is 10.8 Å². The Morgan fingerprint density at radius 2 is 1.15 bits per heavy atom. The Kier molecular flexibility index (Phi) is 3.46. The van der Waals surface area contributed by atoms with Gasteiger partial charge in [0.15, 0.2) is 0 Å². The zero-order valence-corrected chi connectivity index (χ0v) is 9.26. The van der Waals surface area contributed by atoms with Gasteiger partial charge in [-0.1, -0.05) is 47.3 Å². The Labute approximate surface area is 79.3 Å². The molecule has 0 saturated heterocycles. The van der Waals surface area contributed by atoms with Gasteiger partial charge in [0.2, 0.25) is 0 Å². The molecular formula is C11H18F2. The molecular weight excluding hydrogens is 170 g/mol. The highest BCUT2D eigenvalue weighted by Crippen LogP contribution is 2.38. The summed E-state index contributed by atoms with van der Waals surface area (Å²) in [5.41, 5.74) is 2.29. The van der Waals surface area contributed by atoms with Gasteiger partial charge < -0.3 is 0 Å². The van der Waals surface area contributed by atoms with E-state index >= 15 is 0 Å². The number of allylic oxidation sites excluding steroid dienone is 1. The lowest BCUT2D eigenvalue weighted by Crippen LogP contribution is -2.21. The van der Waals surface area contributed by atoms with Crippen molar-refractivity contribution in [3.05, 3.63) is 17.4 Å². The lowest BCUT2D eigenvalue weighted by Gasteiger charge is -2.31. The second-order valence-corrected chi connectivity index (χ2v) is 5.26. The van der Waals surface area contributed by atoms with Crippen molar-refractivity contribution in [1.82, 2.24) is 0 Å². The third-order valence-corrected chi connectivity index (χ3v) is 1.72. The van der Waals surface area contributed by atoms with E-state index < -0.39 is 6.08 Å². The van der Waals surface area contributed by atoms with Gasteiger partial charge in [-0.05, 0) is 16.4 Å². The van der Waals surface area contributed by atoms with Crippen LogP contribution in [0, 0.1) is 10.8 Å². The summed E-state index contributed by atoms with van der Waals surface area (Å²) in [7, 11) is 0. The van der Waals surface area contributed by atoms with Crippen molar-refractivity contribution in [3.8, 4) is 0 Å². The normalized spacial score (nSPS) is 12.3. The topological polar surface area (TPSA) is 0 Å². The number of rotatable bonds is 0. The minimum atomic E-state index is -1.74. The molecule has 13 heavy (non-hydrogen) atoms. The zero-order chi connectivity index (χ0) is 10.9. The third kappa shape index (κ3) is 4.23. The van der Waals surface area contributed by atoms with Gasteiger partial charge in [-0.3, -0.25) is 0 Å². The Hall–Kier alpha value is -0.620. The summed E-state index contributed by atoms with van der Waals surface area (Å²) >= 11 is 0. The molecule has 0 heterocycles. The van der Waals surface area contributed by atoms with Gasteiger partial charge in [0.05, 0.1) is 0 Å². The van der Waals surface area contributed by atoms with Gasteiger partial charge in [0.1, 0.15) is 0 Å². The predicted molar refractivity (Wildman–Crippen MR) is 51.7 cm³/mol. The minimum Gasteiger partial charge on any atom is -0.164 e. The van der Waals surface area contributed by atoms with E-state index in [4.69, 9.17) is 0 Å². The summed E-state index contributed by atoms with van der Waals surface area (Å²) < 4.78 is 24.3. The molecule has 0 fully saturated rings. The molecule has 0 saturated carbocycles. The molecule has 0 aliphatic heterocycles. The Morgan fingerprint density at radius 1 is 0.846 bits per heavy atom. The van der Waals surface area contributed by atoms with Gasteiger partial charge in [-0.25, -0.2) is 0 Å². The highest BCUT2D eigenvalue weighted by atomic mass is 19.3. The van der Waals surface area contributed by atoms with Crippen LogP contribution in [0.25, 0.3) is 0 Å². The molecule has 0 aromatic carbocycles. The molecule has 0 nitrogen and oxygen atoms in total. The Balaban J connectivity index is 5.41. The van der Waals surface area contributed by atoms with Crippen molar-refractivity contribution in [2.75, 3.05) is 0 Å². The van der Waals surface area contributed by atoms with Gasteiger partial charge in [0, 0.05) is 0 Å². The first kappa shape index (κ1) is 12.4. The van der Waals surface area contributed by atoms with Crippen LogP contribution in [0.1, 0.15) is 41.5 Å². The Morgan fingerprint density at radius 3 is 1.23 bits per heavy atom. The maximum Gasteiger partial charge on any atom is 0.313 e. The number of halogens is 2. The van der Waals surface area contributed by atoms with E-state index in [2.05, 4.69) is 5.73 Å². The monoisotopic (exact) mass is 188 g/mol. The molecule has 0 aliphatic rings. The van der Waals surface area contributed by atoms with Crippen molar-refractivity contribution < 1.29 is 8.78 Å². The molecule has 0 unspecified atom stereocenters. The predicted octanol–water partition coefficient (Wildman–Crippen LogP) is 4.38. The molecule has 76 valence electrons. The maximum atomic E-state index is 12.1. The van der Waals surface area contributed by atoms with E-state index in [9.17, 15) is 8.78 Å². The van der Waals surface area contributed by atoms with Gasteiger partial charge in [0.25, 0.3) is 0 Å². The lowest BCUT2D eigenvalue weighted by molar-refractivity contribution is 0.355. The van der Waals surface area contributed by atoms with Crippen LogP contribution in [0.5, 0.6) is 0 Å². The molecule has 0 atom stereocenters. The number of hydrogen-bond acceptors (Lipinski definition) is 0. The van der Waals surface area contributed by atoms with Crippen molar-refractivity contribution >= 4 is 0 Å². The van der Waals surface area contributed by atoms with Crippen LogP contribution in [0.2, 0.25) is 0 Å². The molecule has 0 aliphatic carbocycles. The van der Waals surface area contributed by atoms with E-state index in [-0.39, 0.29) is 10.8 Å². The fourth-order valence-corrected chi connectivity index (χ4v) is 1.59. The zero-order valence-electron chi connectivity index (χ0n) is 9.26. The highest BCUT2D eigenvalue weighted by Gasteiger charge is 2.28. The van der Waals surface area contributed by atoms with Crippen molar-refractivity contribution in [3.63, 3.8) is 0 Å². The molecule has 0 radical (unpaired) electrons. The molecule has 2 heteroatoms. The van der Waals surface area contributed by atoms with E-state index in [1.165, 1.54) is 0 Å². The third-order valence-electron chi connectivity index (χ3n) is 1.72. The second kappa shape index (κ2) is 3.63. The SMILES string of the molecule is CC(C)(C)C(=C=C(F)F)C(C)(C)C. The van der Waals surface area contributed by atoms with Crippen molar-refractivity contribution in [2.45, 2.75) is 41.5 Å². The second-order valence-electron chi connectivity index (χ2n) is 5.26. The van der Waals surface area contributed by atoms with Crippen LogP contribution in [0.3, 0.4) is 0 Å². The summed E-state index contributed by atoms with van der Waals surface area (Å²) in [5.74, 6) is 0. The lowest BCUT2D eigenvalue weighted by atomic mass is 9.72. The fraction of sp³-hybridized carbons (Fsp3) is 0.727. The van der Waals surface area contributed by atoms with Crippen LogP contribution in [-0.2, 0) is 0 Å². The fourth-order valence-electron chi connectivity index (χ4n) is 1.59. The van der Waals surface area contributed by atoms with Crippen LogP contribution in [0.15, 0.2) is 17.4 Å². The van der Waals surface area contributed by atoms with E-state index in [0.717, 1.165) is 0 Å². The average molecular weight is 188 g/mol. The standard InChI is InChI=1S/C11H18F2/c1-10(2,3)8(7-9(12)13)11(4,5)6/h1-6H3. The number of hydrogen-bond donors (Lipinski definition) is 0. The quantitative estimate of drug-likeness (QED) is 0.495. The average Bonchev–Trinajstić information content (AvgIpc) is 1.77. The Bertz CT molecular complexity index is 222. The first-order chi connectivity index (χ1) is 5.55. The molecule has 0 aromatic heterocycles. The van der Waals surface area contributed by atoms with Gasteiger partial charge in [-0.15, -0.1) is 0 Å². The van der Waals surface area contributed by atoms with Crippen molar-refractivity contribution in [1.29, 1.82) is 0 Å². The molecule has 0 bridgehead atoms. The summed E-state index contributed by atoms with van der Waals surface area (Å²) in [6.07, 6.45) is -1.74. The van der Waals surface area contributed by atoms with Crippen LogP contribution < -0.4 is 0 Å². The molecule has 0 spiro atoms. The summed E-state index contributed by atoms with van der Waals surface area (Å²) in [6.45, 7) is 11.5. The largest absolute Gasteiger partial charge is 0.313 e. The summed E-state index contributed by atoms with van der Waals surface area (Å²) in [4.78, 5) is 0. The summed E-state index contributed by atoms with van der Waals surface area (Å²) in [6, 6.07) is 0.